The molecule has 0 saturated carbocycles. The average molecular weight is 288 g/mol. The highest BCUT2D eigenvalue weighted by Gasteiger charge is 2.39. The monoisotopic (exact) mass is 288 g/mol. The minimum absolute atomic E-state index is 0.0934. The number of carboxylic acids is 1. The summed E-state index contributed by atoms with van der Waals surface area (Å²) in [5.41, 5.74) is 0. The van der Waals surface area contributed by atoms with E-state index in [1.165, 1.54) is 24.0 Å². The van der Waals surface area contributed by atoms with Crippen molar-refractivity contribution in [1.82, 2.24) is 9.80 Å². The Balaban J connectivity index is 2.57. The molecule has 0 radical (unpaired) electrons. The van der Waals surface area contributed by atoms with Gasteiger partial charge >= 0.3 is 18.0 Å². The number of carbonyl (C=O) groups is 3. The minimum atomic E-state index is -0.982. The number of methoxy groups -OCH3 is 1. The fourth-order valence-corrected chi connectivity index (χ4v) is 2.03. The van der Waals surface area contributed by atoms with E-state index in [9.17, 15) is 14.4 Å². The van der Waals surface area contributed by atoms with Gasteiger partial charge in [-0.25, -0.2) is 4.79 Å². The standard InChI is InChI=1S/C12H20N2O6/c1-13(5-4-10(15)19-3)12(18)14(2)9-7-20-6-8(9)11(16)17/h8-9H,4-7H2,1-3H3,(H,16,17). The number of hydrogen-bond donors (Lipinski definition) is 1. The quantitative estimate of drug-likeness (QED) is 0.694. The van der Waals surface area contributed by atoms with Crippen LogP contribution in [0.1, 0.15) is 6.42 Å². The van der Waals surface area contributed by atoms with Crippen LogP contribution < -0.4 is 0 Å². The van der Waals surface area contributed by atoms with Crippen LogP contribution in [-0.4, -0.2) is 79.9 Å². The van der Waals surface area contributed by atoms with Crippen LogP contribution >= 0.6 is 0 Å². The second kappa shape index (κ2) is 7.09. The maximum atomic E-state index is 12.2. The predicted molar refractivity (Wildman–Crippen MR) is 68.2 cm³/mol. The summed E-state index contributed by atoms with van der Waals surface area (Å²) in [6.45, 7) is 0.509. The molecule has 1 fully saturated rings. The zero-order valence-electron chi connectivity index (χ0n) is 11.9. The van der Waals surface area contributed by atoms with Gasteiger partial charge in [-0.1, -0.05) is 0 Å². The molecular formula is C12H20N2O6. The molecular weight excluding hydrogens is 268 g/mol. The zero-order valence-corrected chi connectivity index (χ0v) is 11.9. The van der Waals surface area contributed by atoms with E-state index in [0.29, 0.717) is 0 Å². The van der Waals surface area contributed by atoms with Crippen molar-refractivity contribution in [3.05, 3.63) is 0 Å². The van der Waals surface area contributed by atoms with Crippen molar-refractivity contribution >= 4 is 18.0 Å². The molecule has 1 saturated heterocycles. The number of carbonyl (C=O) groups excluding carboxylic acids is 2. The molecule has 0 bridgehead atoms. The largest absolute Gasteiger partial charge is 0.481 e. The number of hydrogen-bond acceptors (Lipinski definition) is 5. The molecule has 2 atom stereocenters. The number of rotatable bonds is 5. The van der Waals surface area contributed by atoms with E-state index in [1.54, 1.807) is 7.05 Å². The van der Waals surface area contributed by atoms with Gasteiger partial charge in [0.25, 0.3) is 0 Å². The zero-order chi connectivity index (χ0) is 15.3. The summed E-state index contributed by atoms with van der Waals surface area (Å²) in [4.78, 5) is 37.0. The smallest absolute Gasteiger partial charge is 0.319 e. The molecule has 2 amide bonds. The molecule has 114 valence electrons. The molecule has 8 nitrogen and oxygen atoms in total. The number of urea groups is 1. The Morgan fingerprint density at radius 3 is 2.50 bits per heavy atom. The van der Waals surface area contributed by atoms with Crippen molar-refractivity contribution in [3.63, 3.8) is 0 Å². The van der Waals surface area contributed by atoms with E-state index in [4.69, 9.17) is 9.84 Å². The lowest BCUT2D eigenvalue weighted by Gasteiger charge is -2.30. The summed E-state index contributed by atoms with van der Waals surface area (Å²) in [5, 5.41) is 9.07. The molecule has 0 aromatic heterocycles. The third-order valence-corrected chi connectivity index (χ3v) is 3.37. The highest BCUT2D eigenvalue weighted by atomic mass is 16.5. The van der Waals surface area contributed by atoms with E-state index in [1.807, 2.05) is 0 Å². The van der Waals surface area contributed by atoms with Crippen molar-refractivity contribution in [1.29, 1.82) is 0 Å². The molecule has 1 rings (SSSR count). The first-order valence-corrected chi connectivity index (χ1v) is 6.23. The maximum absolute atomic E-state index is 12.2. The van der Waals surface area contributed by atoms with Crippen LogP contribution in [0.3, 0.4) is 0 Å². The van der Waals surface area contributed by atoms with Gasteiger partial charge < -0.3 is 24.4 Å². The van der Waals surface area contributed by atoms with Crippen molar-refractivity contribution in [2.75, 3.05) is 41.0 Å². The lowest BCUT2D eigenvalue weighted by atomic mass is 10.0. The molecule has 1 heterocycles. The predicted octanol–water partition coefficient (Wildman–Crippen LogP) is -0.367. The fraction of sp³-hybridized carbons (Fsp3) is 0.750. The first kappa shape index (κ1) is 16.2. The number of amides is 2. The summed E-state index contributed by atoms with van der Waals surface area (Å²) in [7, 11) is 4.36. The number of aliphatic carboxylic acids is 1. The molecule has 0 aromatic carbocycles. The van der Waals surface area contributed by atoms with Crippen LogP contribution in [0.15, 0.2) is 0 Å². The van der Waals surface area contributed by atoms with Gasteiger partial charge in [0.05, 0.1) is 32.8 Å². The SMILES string of the molecule is COC(=O)CCN(C)C(=O)N(C)C1COCC1C(=O)O. The fourth-order valence-electron chi connectivity index (χ4n) is 2.03. The van der Waals surface area contributed by atoms with Crippen LogP contribution in [0.4, 0.5) is 4.79 Å². The molecule has 0 aromatic rings. The van der Waals surface area contributed by atoms with Gasteiger partial charge in [-0.3, -0.25) is 9.59 Å². The van der Waals surface area contributed by atoms with E-state index in [0.717, 1.165) is 0 Å². The second-order valence-corrected chi connectivity index (χ2v) is 4.69. The van der Waals surface area contributed by atoms with Gasteiger partial charge in [-0.05, 0) is 0 Å². The van der Waals surface area contributed by atoms with Crippen LogP contribution in [0.5, 0.6) is 0 Å². The average Bonchev–Trinajstić information content (AvgIpc) is 2.92. The van der Waals surface area contributed by atoms with Gasteiger partial charge in [0, 0.05) is 20.6 Å². The molecule has 1 aliphatic rings. The summed E-state index contributed by atoms with van der Waals surface area (Å²) in [6.07, 6.45) is 0.0934. The summed E-state index contributed by atoms with van der Waals surface area (Å²) < 4.78 is 9.63. The Bertz CT molecular complexity index is 386. The first-order valence-electron chi connectivity index (χ1n) is 6.23. The van der Waals surface area contributed by atoms with E-state index >= 15 is 0 Å². The topological polar surface area (TPSA) is 96.4 Å². The van der Waals surface area contributed by atoms with Crippen LogP contribution in [0.25, 0.3) is 0 Å². The van der Waals surface area contributed by atoms with Gasteiger partial charge in [-0.15, -0.1) is 0 Å². The Hall–Kier alpha value is -1.83. The number of likely N-dealkylation sites (N-methyl/N-ethyl adjacent to an activating group) is 1. The van der Waals surface area contributed by atoms with Crippen LogP contribution in [0.2, 0.25) is 0 Å². The second-order valence-electron chi connectivity index (χ2n) is 4.69. The van der Waals surface area contributed by atoms with Gasteiger partial charge in [-0.2, -0.15) is 0 Å². The van der Waals surface area contributed by atoms with E-state index in [-0.39, 0.29) is 32.2 Å². The number of carboxylic acid groups (broad SMARTS) is 1. The van der Waals surface area contributed by atoms with Crippen molar-refractivity contribution in [2.45, 2.75) is 12.5 Å². The first-order chi connectivity index (χ1) is 9.38. The van der Waals surface area contributed by atoms with Gasteiger partial charge in [0.1, 0.15) is 5.92 Å². The van der Waals surface area contributed by atoms with Crippen molar-refractivity contribution < 1.29 is 29.0 Å². The Morgan fingerprint density at radius 2 is 1.95 bits per heavy atom. The van der Waals surface area contributed by atoms with Gasteiger partial charge in [0.2, 0.25) is 0 Å². The summed E-state index contributed by atoms with van der Waals surface area (Å²) in [6, 6.07) is -0.851. The maximum Gasteiger partial charge on any atom is 0.319 e. The summed E-state index contributed by atoms with van der Waals surface area (Å²) >= 11 is 0. The lowest BCUT2D eigenvalue weighted by Crippen LogP contribution is -2.49. The molecule has 0 spiro atoms. The molecule has 1 aliphatic heterocycles. The van der Waals surface area contributed by atoms with Crippen molar-refractivity contribution in [2.24, 2.45) is 5.92 Å². The van der Waals surface area contributed by atoms with E-state index < -0.39 is 23.9 Å². The Labute approximate surface area is 117 Å². The van der Waals surface area contributed by atoms with Crippen molar-refractivity contribution in [3.8, 4) is 0 Å². The molecule has 20 heavy (non-hydrogen) atoms. The third-order valence-electron chi connectivity index (χ3n) is 3.37. The lowest BCUT2D eigenvalue weighted by molar-refractivity contribution is -0.143. The molecule has 0 aliphatic carbocycles. The normalized spacial score (nSPS) is 21.4. The van der Waals surface area contributed by atoms with Crippen LogP contribution in [0, 0.1) is 5.92 Å². The summed E-state index contributed by atoms with van der Waals surface area (Å²) in [5.74, 6) is -2.11. The minimum Gasteiger partial charge on any atom is -0.481 e. The highest BCUT2D eigenvalue weighted by molar-refractivity contribution is 5.77. The molecule has 8 heteroatoms. The number of ether oxygens (including phenoxy) is 2. The number of esters is 1. The number of nitrogens with zero attached hydrogens (tertiary/aromatic N) is 2. The highest BCUT2D eigenvalue weighted by Crippen LogP contribution is 2.19. The van der Waals surface area contributed by atoms with Gasteiger partial charge in [0.15, 0.2) is 0 Å². The van der Waals surface area contributed by atoms with Crippen LogP contribution in [-0.2, 0) is 19.1 Å². The molecule has 1 N–H and O–H groups in total. The van der Waals surface area contributed by atoms with E-state index in [2.05, 4.69) is 4.74 Å². The Kier molecular flexibility index (Phi) is 5.75. The molecule has 2 unspecified atom stereocenters. The Morgan fingerprint density at radius 1 is 1.30 bits per heavy atom. The third kappa shape index (κ3) is 3.83.